The summed E-state index contributed by atoms with van der Waals surface area (Å²) in [5.41, 5.74) is -0.0179. The monoisotopic (exact) mass is 843 g/mol. The first-order valence-electron chi connectivity index (χ1n) is 20.7. The van der Waals surface area contributed by atoms with Crippen molar-refractivity contribution in [1.29, 1.82) is 0 Å². The number of aromatic nitrogens is 1. The van der Waals surface area contributed by atoms with E-state index in [0.29, 0.717) is 60.4 Å². The van der Waals surface area contributed by atoms with Crippen molar-refractivity contribution < 1.29 is 50.6 Å². The Bertz CT molecular complexity index is 2140. The van der Waals surface area contributed by atoms with Crippen molar-refractivity contribution in [3.05, 3.63) is 35.9 Å². The number of hydrogen-bond donors (Lipinski definition) is 2. The number of nitrogens with zero attached hydrogens (tertiary/aromatic N) is 3. The SMILES string of the molecule is COc1ccc2c(O[C@@H]3C[C@H]4C(=O)C[C@]5(C(=O)NS(=O)(=O)C6(C)CC6)C[C@@H]5/C=C\CCCCC[C@H](NC(=O)N5CCC(F)(F)C5)C(=O)N4C3)cc(OC(C)C)nc2c1C. The summed E-state index contributed by atoms with van der Waals surface area (Å²) in [6, 6.07) is 2.22. The molecule has 1 aromatic carbocycles. The lowest BCUT2D eigenvalue weighted by Gasteiger charge is -2.30. The van der Waals surface area contributed by atoms with Gasteiger partial charge >= 0.3 is 6.03 Å². The van der Waals surface area contributed by atoms with Gasteiger partial charge in [-0.15, -0.1) is 0 Å². The number of Topliss-reactive ketones (excluding diaryl/α,β-unsaturated/α-hetero) is 1. The standard InChI is InChI=1S/C42H55F2N5O9S/c1-25(2)57-35-20-34(29-13-14-33(56-5)26(3)36(29)46-35)58-28-19-31-32(50)22-41(38(52)47-59(54,55)40(4)15-16-40)21-27(41)11-9-7-6-8-10-12-30(37(51)49(31)23-28)45-39(53)48-18-17-42(43,44)24-48/h9,11,13-14,20,25,27-28,30-31H,6-8,10,12,15-19,21-24H2,1-5H3,(H,45,53)(H,47,52)/b11-9-/t27-,28+,30-,31-,41+/m0/s1. The van der Waals surface area contributed by atoms with Crippen molar-refractivity contribution in [2.24, 2.45) is 11.3 Å². The fourth-order valence-electron chi connectivity index (χ4n) is 8.59. The van der Waals surface area contributed by atoms with E-state index in [0.717, 1.165) is 16.9 Å². The van der Waals surface area contributed by atoms with Crippen LogP contribution in [0.1, 0.15) is 97.0 Å². The molecule has 2 saturated carbocycles. The number of carbonyl (C=O) groups is 4. The summed E-state index contributed by atoms with van der Waals surface area (Å²) in [6.07, 6.45) is 6.00. The van der Waals surface area contributed by atoms with Gasteiger partial charge in [-0.25, -0.2) is 27.0 Å². The zero-order valence-electron chi connectivity index (χ0n) is 34.4. The molecule has 3 aliphatic heterocycles. The second-order valence-electron chi connectivity index (χ2n) is 17.5. The summed E-state index contributed by atoms with van der Waals surface area (Å²) in [6.45, 7) is 6.17. The first-order valence-corrected chi connectivity index (χ1v) is 22.2. The van der Waals surface area contributed by atoms with Gasteiger partial charge in [0.1, 0.15) is 23.6 Å². The van der Waals surface area contributed by atoms with Crippen LogP contribution in [0.15, 0.2) is 30.4 Å². The molecule has 4 fully saturated rings. The molecule has 2 aromatic rings. The number of amides is 4. The van der Waals surface area contributed by atoms with Gasteiger partial charge in [-0.05, 0) is 84.3 Å². The van der Waals surface area contributed by atoms with Crippen molar-refractivity contribution in [1.82, 2.24) is 24.8 Å². The van der Waals surface area contributed by atoms with Crippen LogP contribution >= 0.6 is 0 Å². The number of halogens is 2. The Labute approximate surface area is 343 Å². The summed E-state index contributed by atoms with van der Waals surface area (Å²) in [5, 5.41) is 3.36. The van der Waals surface area contributed by atoms with E-state index in [1.165, 1.54) is 4.90 Å². The number of ether oxygens (including phenoxy) is 3. The molecule has 0 unspecified atom stereocenters. The number of ketones is 1. The maximum atomic E-state index is 14.7. The summed E-state index contributed by atoms with van der Waals surface area (Å²) >= 11 is 0. The minimum atomic E-state index is -4.00. The summed E-state index contributed by atoms with van der Waals surface area (Å²) in [5.74, 6) is -3.87. The van der Waals surface area contributed by atoms with Crippen molar-refractivity contribution in [2.75, 3.05) is 26.7 Å². The van der Waals surface area contributed by atoms with Crippen LogP contribution in [0.3, 0.4) is 0 Å². The zero-order chi connectivity index (χ0) is 42.5. The normalized spacial score (nSPS) is 28.5. The van der Waals surface area contributed by atoms with Gasteiger partial charge in [0, 0.05) is 42.8 Å². The molecular formula is C42H55F2N5O9S. The van der Waals surface area contributed by atoms with Crippen LogP contribution in [0.4, 0.5) is 13.6 Å². The lowest BCUT2D eigenvalue weighted by molar-refractivity contribution is -0.140. The molecule has 2 aliphatic carbocycles. The molecule has 5 atom stereocenters. The van der Waals surface area contributed by atoms with Crippen LogP contribution in [-0.2, 0) is 24.4 Å². The largest absolute Gasteiger partial charge is 0.496 e. The molecule has 14 nitrogen and oxygen atoms in total. The molecule has 59 heavy (non-hydrogen) atoms. The molecule has 4 heterocycles. The van der Waals surface area contributed by atoms with Gasteiger partial charge in [0.05, 0.1) is 48.0 Å². The third-order valence-corrected chi connectivity index (χ3v) is 14.8. The van der Waals surface area contributed by atoms with Gasteiger partial charge in [0.15, 0.2) is 5.78 Å². The number of sulfonamides is 1. The molecule has 2 N–H and O–H groups in total. The Kier molecular flexibility index (Phi) is 11.7. The number of nitrogens with one attached hydrogen (secondary N) is 2. The Hall–Kier alpha value is -4.54. The maximum Gasteiger partial charge on any atom is 0.318 e. The number of urea groups is 1. The average molecular weight is 844 g/mol. The lowest BCUT2D eigenvalue weighted by atomic mass is 9.91. The average Bonchev–Trinajstić information content (AvgIpc) is 3.99. The predicted octanol–water partition coefficient (Wildman–Crippen LogP) is 5.59. The molecule has 0 radical (unpaired) electrons. The summed E-state index contributed by atoms with van der Waals surface area (Å²) in [4.78, 5) is 63.9. The molecular weight excluding hydrogens is 789 g/mol. The Balaban J connectivity index is 1.22. The third-order valence-electron chi connectivity index (χ3n) is 12.6. The maximum absolute atomic E-state index is 14.7. The van der Waals surface area contributed by atoms with Crippen LogP contribution < -0.4 is 24.2 Å². The highest BCUT2D eigenvalue weighted by Gasteiger charge is 2.62. The van der Waals surface area contributed by atoms with Crippen LogP contribution in [0.2, 0.25) is 0 Å². The minimum Gasteiger partial charge on any atom is -0.496 e. The predicted molar refractivity (Wildman–Crippen MR) is 214 cm³/mol. The summed E-state index contributed by atoms with van der Waals surface area (Å²) < 4.78 is 74.2. The number of benzene rings is 1. The van der Waals surface area contributed by atoms with Gasteiger partial charge < -0.3 is 29.3 Å². The van der Waals surface area contributed by atoms with Crippen molar-refractivity contribution in [3.63, 3.8) is 0 Å². The van der Waals surface area contributed by atoms with E-state index in [-0.39, 0.29) is 50.8 Å². The van der Waals surface area contributed by atoms with E-state index in [4.69, 9.17) is 19.2 Å². The molecule has 4 amide bonds. The number of hydrogen-bond acceptors (Lipinski definition) is 10. The number of rotatable bonds is 9. The molecule has 1 aromatic heterocycles. The van der Waals surface area contributed by atoms with Gasteiger partial charge in [-0.3, -0.25) is 19.1 Å². The van der Waals surface area contributed by atoms with Crippen molar-refractivity contribution in [2.45, 2.75) is 133 Å². The van der Waals surface area contributed by atoms with E-state index < -0.39 is 80.9 Å². The third kappa shape index (κ3) is 8.85. The number of alkyl halides is 2. The Morgan fingerprint density at radius 2 is 1.83 bits per heavy atom. The highest BCUT2D eigenvalue weighted by atomic mass is 32.2. The van der Waals surface area contributed by atoms with Crippen LogP contribution in [0.5, 0.6) is 17.4 Å². The smallest absolute Gasteiger partial charge is 0.318 e. The second kappa shape index (κ2) is 16.1. The Morgan fingerprint density at radius 1 is 1.07 bits per heavy atom. The van der Waals surface area contributed by atoms with Gasteiger partial charge in [0.25, 0.3) is 5.92 Å². The van der Waals surface area contributed by atoms with E-state index in [1.807, 2.05) is 32.9 Å². The highest BCUT2D eigenvalue weighted by molar-refractivity contribution is 7.91. The molecule has 5 aliphatic rings. The molecule has 2 saturated heterocycles. The van der Waals surface area contributed by atoms with E-state index in [9.17, 15) is 36.4 Å². The number of allylic oxidation sites excluding steroid dienone is 2. The number of methoxy groups -OCH3 is 1. The van der Waals surface area contributed by atoms with E-state index in [2.05, 4.69) is 10.0 Å². The minimum absolute atomic E-state index is 0.0253. The Morgan fingerprint density at radius 3 is 2.51 bits per heavy atom. The number of pyridine rings is 1. The van der Waals surface area contributed by atoms with E-state index >= 15 is 0 Å². The number of aryl methyl sites for hydroxylation is 1. The first kappa shape index (κ1) is 42.6. The van der Waals surface area contributed by atoms with Crippen molar-refractivity contribution >= 4 is 44.6 Å². The molecule has 7 rings (SSSR count). The number of likely N-dealkylation sites (tertiary alicyclic amines) is 1. The quantitative estimate of drug-likeness (QED) is 0.303. The van der Waals surface area contributed by atoms with Crippen molar-refractivity contribution in [3.8, 4) is 17.4 Å². The fourth-order valence-corrected chi connectivity index (χ4v) is 9.93. The molecule has 0 bridgehead atoms. The van der Waals surface area contributed by atoms with Gasteiger partial charge in [-0.2, -0.15) is 0 Å². The van der Waals surface area contributed by atoms with Gasteiger partial charge in [-0.1, -0.05) is 25.0 Å². The highest BCUT2D eigenvalue weighted by Crippen LogP contribution is 2.57. The van der Waals surface area contributed by atoms with Crippen LogP contribution in [0, 0.1) is 18.3 Å². The number of fused-ring (bicyclic) bond motifs is 3. The van der Waals surface area contributed by atoms with Gasteiger partial charge in [0.2, 0.25) is 27.7 Å². The molecule has 322 valence electrons. The topological polar surface area (TPSA) is 174 Å². The zero-order valence-corrected chi connectivity index (χ0v) is 35.2. The first-order chi connectivity index (χ1) is 27.8. The fraction of sp³-hybridized carbons (Fsp3) is 0.643. The lowest BCUT2D eigenvalue weighted by Crippen LogP contribution is -2.54. The summed E-state index contributed by atoms with van der Waals surface area (Å²) in [7, 11) is -2.44. The van der Waals surface area contributed by atoms with Crippen LogP contribution in [0.25, 0.3) is 10.9 Å². The number of carbonyl (C=O) groups excluding carboxylic acids is 4. The second-order valence-corrected chi connectivity index (χ2v) is 19.7. The van der Waals surface area contributed by atoms with Crippen LogP contribution in [-0.4, -0.2) is 109 Å². The molecule has 0 spiro atoms. The molecule has 17 heteroatoms. The van der Waals surface area contributed by atoms with E-state index in [1.54, 1.807) is 32.2 Å².